The number of rotatable bonds is 3. The van der Waals surface area contributed by atoms with Gasteiger partial charge in [-0.15, -0.1) is 0 Å². The first kappa shape index (κ1) is 21.9. The van der Waals surface area contributed by atoms with Crippen molar-refractivity contribution >= 4 is 10.8 Å². The van der Waals surface area contributed by atoms with E-state index in [1.807, 2.05) is 24.3 Å². The third-order valence-electron chi connectivity index (χ3n) is 7.08. The fourth-order valence-corrected chi connectivity index (χ4v) is 5.19. The van der Waals surface area contributed by atoms with Gasteiger partial charge in [0.25, 0.3) is 0 Å². The topological polar surface area (TPSA) is 9.23 Å². The lowest BCUT2D eigenvalue weighted by atomic mass is 9.89. The minimum absolute atomic E-state index is 0.128. The molecule has 1 aliphatic rings. The Morgan fingerprint density at radius 2 is 1.39 bits per heavy atom. The van der Waals surface area contributed by atoms with Crippen LogP contribution in [0.3, 0.4) is 0 Å². The van der Waals surface area contributed by atoms with Crippen LogP contribution in [0.1, 0.15) is 48.1 Å². The number of benzene rings is 4. The van der Waals surface area contributed by atoms with Crippen LogP contribution < -0.4 is 0 Å². The van der Waals surface area contributed by atoms with Crippen LogP contribution in [0.25, 0.3) is 33.0 Å². The summed E-state index contributed by atoms with van der Waals surface area (Å²) in [7, 11) is 0. The number of ether oxygens (including phenoxy) is 1. The highest BCUT2D eigenvalue weighted by Crippen LogP contribution is 2.36. The molecule has 2 unspecified atom stereocenters. The Morgan fingerprint density at radius 1 is 0.727 bits per heavy atom. The van der Waals surface area contributed by atoms with Gasteiger partial charge in [-0.3, -0.25) is 0 Å². The van der Waals surface area contributed by atoms with E-state index in [4.69, 9.17) is 4.74 Å². The lowest BCUT2D eigenvalue weighted by molar-refractivity contribution is -0.0124. The van der Waals surface area contributed by atoms with Crippen molar-refractivity contribution in [2.24, 2.45) is 5.92 Å². The molecule has 0 spiro atoms. The Kier molecular flexibility index (Phi) is 5.80. The molecule has 0 aromatic heterocycles. The lowest BCUT2D eigenvalue weighted by Crippen LogP contribution is -2.18. The Labute approximate surface area is 196 Å². The molecule has 1 saturated heterocycles. The summed E-state index contributed by atoms with van der Waals surface area (Å²) in [5, 5.41) is 1.61. The summed E-state index contributed by atoms with van der Waals surface area (Å²) in [6.07, 6.45) is 2.55. The highest BCUT2D eigenvalue weighted by atomic mass is 19.1. The molecule has 168 valence electrons. The molecular formula is C31H31FO. The van der Waals surface area contributed by atoms with Gasteiger partial charge >= 0.3 is 0 Å². The van der Waals surface area contributed by atoms with E-state index in [1.54, 1.807) is 6.92 Å². The van der Waals surface area contributed by atoms with Crippen molar-refractivity contribution < 1.29 is 9.13 Å². The highest BCUT2D eigenvalue weighted by Gasteiger charge is 2.21. The molecular weight excluding hydrogens is 407 g/mol. The van der Waals surface area contributed by atoms with Crippen molar-refractivity contribution in [1.29, 1.82) is 0 Å². The number of hydrogen-bond acceptors (Lipinski definition) is 1. The van der Waals surface area contributed by atoms with Gasteiger partial charge in [0.1, 0.15) is 5.82 Å². The molecule has 5 rings (SSSR count). The molecule has 1 aliphatic heterocycles. The predicted octanol–water partition coefficient (Wildman–Crippen LogP) is 8.73. The molecule has 2 atom stereocenters. The van der Waals surface area contributed by atoms with Crippen molar-refractivity contribution in [3.05, 3.63) is 94.8 Å². The quantitative estimate of drug-likeness (QED) is 0.311. The zero-order valence-corrected chi connectivity index (χ0v) is 19.9. The minimum atomic E-state index is -0.128. The van der Waals surface area contributed by atoms with Crippen LogP contribution >= 0.6 is 0 Å². The molecule has 0 aliphatic carbocycles. The maximum absolute atomic E-state index is 14.4. The number of aryl methyl sites for hydroxylation is 3. The van der Waals surface area contributed by atoms with Gasteiger partial charge < -0.3 is 4.74 Å². The molecule has 1 fully saturated rings. The molecule has 0 saturated carbocycles. The standard InChI is InChI=1S/C31H31FO/c1-19-5-14-29(33-18-19)27-15-21(3)30(22(4)16-27)24-10-8-23(9-11-24)25-12-13-28-26(17-25)7-6-20(2)31(28)32/h6-13,15-17,19,29H,5,14,18H2,1-4H3. The van der Waals surface area contributed by atoms with E-state index in [0.717, 1.165) is 29.5 Å². The van der Waals surface area contributed by atoms with E-state index in [-0.39, 0.29) is 11.9 Å². The molecule has 2 heteroatoms. The first-order valence-corrected chi connectivity index (χ1v) is 11.9. The van der Waals surface area contributed by atoms with Crippen molar-refractivity contribution in [1.82, 2.24) is 0 Å². The zero-order valence-electron chi connectivity index (χ0n) is 19.9. The van der Waals surface area contributed by atoms with Gasteiger partial charge in [0, 0.05) is 12.0 Å². The maximum atomic E-state index is 14.4. The summed E-state index contributed by atoms with van der Waals surface area (Å²) in [5.41, 5.74) is 9.32. The SMILES string of the molecule is Cc1cc(C2CCC(C)CO2)cc(C)c1-c1ccc(-c2ccc3c(F)c(C)ccc3c2)cc1. The third-order valence-corrected chi connectivity index (χ3v) is 7.08. The summed E-state index contributed by atoms with van der Waals surface area (Å²) >= 11 is 0. The van der Waals surface area contributed by atoms with Crippen LogP contribution in [0.15, 0.2) is 66.7 Å². The third kappa shape index (κ3) is 4.20. The molecule has 4 aromatic rings. The molecule has 1 heterocycles. The van der Waals surface area contributed by atoms with Crippen molar-refractivity contribution in [3.8, 4) is 22.3 Å². The monoisotopic (exact) mass is 438 g/mol. The number of fused-ring (bicyclic) bond motifs is 1. The molecule has 0 radical (unpaired) electrons. The second-order valence-electron chi connectivity index (χ2n) is 9.74. The average molecular weight is 439 g/mol. The molecule has 0 bridgehead atoms. The first-order valence-electron chi connectivity index (χ1n) is 11.9. The fraction of sp³-hybridized carbons (Fsp3) is 0.290. The zero-order chi connectivity index (χ0) is 23.1. The highest BCUT2D eigenvalue weighted by molar-refractivity contribution is 5.88. The van der Waals surface area contributed by atoms with E-state index in [2.05, 4.69) is 63.2 Å². The Balaban J connectivity index is 1.44. The van der Waals surface area contributed by atoms with Crippen LogP contribution in [-0.4, -0.2) is 6.61 Å². The second-order valence-corrected chi connectivity index (χ2v) is 9.74. The van der Waals surface area contributed by atoms with Crippen LogP contribution in [0, 0.1) is 32.5 Å². The van der Waals surface area contributed by atoms with Crippen molar-refractivity contribution in [3.63, 3.8) is 0 Å². The van der Waals surface area contributed by atoms with E-state index in [0.29, 0.717) is 16.9 Å². The van der Waals surface area contributed by atoms with E-state index in [9.17, 15) is 4.39 Å². The van der Waals surface area contributed by atoms with Crippen LogP contribution in [0.4, 0.5) is 4.39 Å². The Bertz CT molecular complexity index is 1290. The number of hydrogen-bond donors (Lipinski definition) is 0. The van der Waals surface area contributed by atoms with Crippen molar-refractivity contribution in [2.45, 2.75) is 46.6 Å². The van der Waals surface area contributed by atoms with Gasteiger partial charge in [0.2, 0.25) is 0 Å². The van der Waals surface area contributed by atoms with E-state index in [1.165, 1.54) is 34.2 Å². The smallest absolute Gasteiger partial charge is 0.133 e. The summed E-state index contributed by atoms with van der Waals surface area (Å²) in [6, 6.07) is 23.1. The molecule has 4 aromatic carbocycles. The van der Waals surface area contributed by atoms with Gasteiger partial charge in [-0.1, -0.05) is 67.6 Å². The Morgan fingerprint density at radius 3 is 2.06 bits per heavy atom. The van der Waals surface area contributed by atoms with Crippen LogP contribution in [0.2, 0.25) is 0 Å². The first-order chi connectivity index (χ1) is 15.9. The molecule has 1 nitrogen and oxygen atoms in total. The van der Waals surface area contributed by atoms with Crippen LogP contribution in [0.5, 0.6) is 0 Å². The van der Waals surface area contributed by atoms with Gasteiger partial charge in [0.05, 0.1) is 6.10 Å². The summed E-state index contributed by atoms with van der Waals surface area (Å²) in [4.78, 5) is 0. The average Bonchev–Trinajstić information content (AvgIpc) is 2.82. The predicted molar refractivity (Wildman–Crippen MR) is 136 cm³/mol. The molecule has 33 heavy (non-hydrogen) atoms. The molecule has 0 N–H and O–H groups in total. The summed E-state index contributed by atoms with van der Waals surface area (Å²) < 4.78 is 20.5. The fourth-order valence-electron chi connectivity index (χ4n) is 5.19. The van der Waals surface area contributed by atoms with Gasteiger partial charge in [-0.2, -0.15) is 0 Å². The van der Waals surface area contributed by atoms with Crippen molar-refractivity contribution in [2.75, 3.05) is 6.61 Å². The van der Waals surface area contributed by atoms with Gasteiger partial charge in [-0.05, 0) is 95.5 Å². The summed E-state index contributed by atoms with van der Waals surface area (Å²) in [6.45, 7) is 9.32. The Hall–Kier alpha value is -2.97. The number of halogens is 1. The molecule has 0 amide bonds. The summed E-state index contributed by atoms with van der Waals surface area (Å²) in [5.74, 6) is 0.531. The van der Waals surface area contributed by atoms with Gasteiger partial charge in [0.15, 0.2) is 0 Å². The van der Waals surface area contributed by atoms with Gasteiger partial charge in [-0.25, -0.2) is 4.39 Å². The second kappa shape index (κ2) is 8.76. The minimum Gasteiger partial charge on any atom is -0.373 e. The normalized spacial score (nSPS) is 18.6. The van der Waals surface area contributed by atoms with Crippen LogP contribution in [-0.2, 0) is 4.74 Å². The van der Waals surface area contributed by atoms with E-state index < -0.39 is 0 Å². The lowest BCUT2D eigenvalue weighted by Gasteiger charge is -2.28. The largest absolute Gasteiger partial charge is 0.373 e. The maximum Gasteiger partial charge on any atom is 0.133 e. The van der Waals surface area contributed by atoms with E-state index >= 15 is 0 Å².